The van der Waals surface area contributed by atoms with E-state index in [0.717, 1.165) is 35.2 Å². The van der Waals surface area contributed by atoms with Crippen LogP contribution in [-0.2, 0) is 6.54 Å². The molecule has 0 radical (unpaired) electrons. The van der Waals surface area contributed by atoms with Crippen molar-refractivity contribution in [1.29, 1.82) is 0 Å². The second-order valence-electron chi connectivity index (χ2n) is 3.92. The molecule has 1 unspecified atom stereocenters. The van der Waals surface area contributed by atoms with Crippen molar-refractivity contribution in [2.75, 3.05) is 13.0 Å². The minimum Gasteiger partial charge on any atom is -0.496 e. The van der Waals surface area contributed by atoms with E-state index in [4.69, 9.17) is 16.3 Å². The third kappa shape index (κ3) is 4.86. The van der Waals surface area contributed by atoms with E-state index in [0.29, 0.717) is 11.9 Å². The molecule has 0 bridgehead atoms. The molecule has 0 aliphatic rings. The summed E-state index contributed by atoms with van der Waals surface area (Å²) in [5.41, 5.74) is 1.16. The molecule has 1 aromatic carbocycles. The van der Waals surface area contributed by atoms with E-state index in [1.807, 2.05) is 12.1 Å². The van der Waals surface area contributed by atoms with E-state index in [2.05, 4.69) is 34.2 Å². The molecule has 96 valence electrons. The Labute approximate surface area is 117 Å². The number of nitrogens with one attached hydrogen (secondary N) is 1. The van der Waals surface area contributed by atoms with Gasteiger partial charge >= 0.3 is 0 Å². The summed E-state index contributed by atoms with van der Waals surface area (Å²) in [7, 11) is 1.70. The molecular formula is C13H19BrClNO. The predicted molar refractivity (Wildman–Crippen MR) is 76.9 cm³/mol. The van der Waals surface area contributed by atoms with Crippen LogP contribution >= 0.6 is 27.5 Å². The van der Waals surface area contributed by atoms with E-state index in [1.54, 1.807) is 7.11 Å². The van der Waals surface area contributed by atoms with Gasteiger partial charge in [0.25, 0.3) is 0 Å². The van der Waals surface area contributed by atoms with Crippen LogP contribution in [0, 0.1) is 0 Å². The highest BCUT2D eigenvalue weighted by atomic mass is 79.9. The fourth-order valence-corrected chi connectivity index (χ4v) is 2.39. The first kappa shape index (κ1) is 14.8. The molecule has 17 heavy (non-hydrogen) atoms. The van der Waals surface area contributed by atoms with Crippen molar-refractivity contribution < 1.29 is 4.74 Å². The van der Waals surface area contributed by atoms with Gasteiger partial charge in [0.2, 0.25) is 0 Å². The van der Waals surface area contributed by atoms with Crippen LogP contribution in [0.2, 0.25) is 0 Å². The number of halogens is 2. The molecule has 4 heteroatoms. The van der Waals surface area contributed by atoms with Crippen molar-refractivity contribution in [2.24, 2.45) is 0 Å². The van der Waals surface area contributed by atoms with Crippen molar-refractivity contribution in [3.05, 3.63) is 28.2 Å². The lowest BCUT2D eigenvalue weighted by atomic mass is 10.1. The Morgan fingerprint density at radius 3 is 2.82 bits per heavy atom. The van der Waals surface area contributed by atoms with E-state index in [9.17, 15) is 0 Å². The van der Waals surface area contributed by atoms with Crippen molar-refractivity contribution in [3.63, 3.8) is 0 Å². The summed E-state index contributed by atoms with van der Waals surface area (Å²) < 4.78 is 6.41. The summed E-state index contributed by atoms with van der Waals surface area (Å²) in [4.78, 5) is 0. The molecule has 1 aromatic rings. The van der Waals surface area contributed by atoms with Gasteiger partial charge in [0.05, 0.1) is 7.11 Å². The molecule has 0 aliphatic heterocycles. The summed E-state index contributed by atoms with van der Waals surface area (Å²) >= 11 is 9.24. The molecule has 0 heterocycles. The average molecular weight is 321 g/mol. The normalized spacial score (nSPS) is 12.5. The number of ether oxygens (including phenoxy) is 1. The molecule has 0 aliphatic carbocycles. The Morgan fingerprint density at radius 1 is 1.47 bits per heavy atom. The van der Waals surface area contributed by atoms with Gasteiger partial charge in [-0.05, 0) is 31.0 Å². The fraction of sp³-hybridized carbons (Fsp3) is 0.538. The average Bonchev–Trinajstić information content (AvgIpc) is 2.34. The Morgan fingerprint density at radius 2 is 2.24 bits per heavy atom. The quantitative estimate of drug-likeness (QED) is 0.768. The van der Waals surface area contributed by atoms with Gasteiger partial charge in [0.15, 0.2) is 0 Å². The smallest absolute Gasteiger partial charge is 0.123 e. The zero-order chi connectivity index (χ0) is 12.7. The maximum Gasteiger partial charge on any atom is 0.123 e. The van der Waals surface area contributed by atoms with Crippen LogP contribution in [-0.4, -0.2) is 19.0 Å². The molecule has 1 N–H and O–H groups in total. The zero-order valence-electron chi connectivity index (χ0n) is 10.3. The summed E-state index contributed by atoms with van der Waals surface area (Å²) in [5, 5.41) is 3.50. The minimum atomic E-state index is 0.469. The van der Waals surface area contributed by atoms with E-state index < -0.39 is 0 Å². The number of hydrogen-bond donors (Lipinski definition) is 1. The van der Waals surface area contributed by atoms with Crippen molar-refractivity contribution in [3.8, 4) is 5.75 Å². The van der Waals surface area contributed by atoms with Gasteiger partial charge in [-0.25, -0.2) is 0 Å². The maximum atomic E-state index is 5.77. The SMILES string of the molecule is CCC(CCCl)NCc1cc(Br)ccc1OC. The second kappa shape index (κ2) is 7.96. The molecule has 2 nitrogen and oxygen atoms in total. The Balaban J connectivity index is 2.63. The molecule has 1 atom stereocenters. The highest BCUT2D eigenvalue weighted by Crippen LogP contribution is 2.23. The first-order valence-electron chi connectivity index (χ1n) is 5.83. The third-order valence-electron chi connectivity index (χ3n) is 2.77. The molecular weight excluding hydrogens is 302 g/mol. The summed E-state index contributed by atoms with van der Waals surface area (Å²) in [6.07, 6.45) is 2.08. The van der Waals surface area contributed by atoms with Crippen molar-refractivity contribution in [2.45, 2.75) is 32.4 Å². The molecule has 0 saturated heterocycles. The standard InChI is InChI=1S/C13H19BrClNO/c1-3-12(6-7-15)16-9-10-8-11(14)4-5-13(10)17-2/h4-5,8,12,16H,3,6-7,9H2,1-2H3. The molecule has 0 saturated carbocycles. The van der Waals surface area contributed by atoms with Gasteiger partial charge < -0.3 is 10.1 Å². The molecule has 0 amide bonds. The first-order valence-corrected chi connectivity index (χ1v) is 7.15. The van der Waals surface area contributed by atoms with Gasteiger partial charge in [0.1, 0.15) is 5.75 Å². The molecule has 0 fully saturated rings. The highest BCUT2D eigenvalue weighted by molar-refractivity contribution is 9.10. The number of alkyl halides is 1. The first-order chi connectivity index (χ1) is 8.21. The third-order valence-corrected chi connectivity index (χ3v) is 3.49. The van der Waals surface area contributed by atoms with Crippen LogP contribution in [0.25, 0.3) is 0 Å². The number of hydrogen-bond acceptors (Lipinski definition) is 2. The van der Waals surface area contributed by atoms with E-state index in [1.165, 1.54) is 0 Å². The Bertz CT molecular complexity index is 346. The zero-order valence-corrected chi connectivity index (χ0v) is 12.6. The predicted octanol–water partition coefficient (Wildman–Crippen LogP) is 3.95. The van der Waals surface area contributed by atoms with Crippen LogP contribution in [0.4, 0.5) is 0 Å². The fourth-order valence-electron chi connectivity index (χ4n) is 1.72. The second-order valence-corrected chi connectivity index (χ2v) is 5.21. The van der Waals surface area contributed by atoms with Crippen LogP contribution in [0.15, 0.2) is 22.7 Å². The lowest BCUT2D eigenvalue weighted by molar-refractivity contribution is 0.403. The highest BCUT2D eigenvalue weighted by Gasteiger charge is 2.08. The Hall–Kier alpha value is -0.250. The molecule has 0 spiro atoms. The van der Waals surface area contributed by atoms with Crippen LogP contribution in [0.1, 0.15) is 25.3 Å². The number of rotatable bonds is 7. The van der Waals surface area contributed by atoms with Crippen LogP contribution in [0.3, 0.4) is 0 Å². The van der Waals surface area contributed by atoms with Gasteiger partial charge in [-0.2, -0.15) is 0 Å². The van der Waals surface area contributed by atoms with Crippen LogP contribution < -0.4 is 10.1 Å². The van der Waals surface area contributed by atoms with Gasteiger partial charge in [0, 0.05) is 28.5 Å². The largest absolute Gasteiger partial charge is 0.496 e. The lowest BCUT2D eigenvalue weighted by Gasteiger charge is -2.17. The molecule has 1 rings (SSSR count). The summed E-state index contributed by atoms with van der Waals surface area (Å²) in [5.74, 6) is 1.61. The van der Waals surface area contributed by atoms with Crippen LogP contribution in [0.5, 0.6) is 5.75 Å². The monoisotopic (exact) mass is 319 g/mol. The van der Waals surface area contributed by atoms with Gasteiger partial charge in [-0.1, -0.05) is 22.9 Å². The molecule has 0 aromatic heterocycles. The summed E-state index contributed by atoms with van der Waals surface area (Å²) in [6, 6.07) is 6.51. The number of benzene rings is 1. The Kier molecular flexibility index (Phi) is 6.93. The van der Waals surface area contributed by atoms with E-state index in [-0.39, 0.29) is 0 Å². The number of methoxy groups -OCH3 is 1. The topological polar surface area (TPSA) is 21.3 Å². The van der Waals surface area contributed by atoms with E-state index >= 15 is 0 Å². The van der Waals surface area contributed by atoms with Crippen molar-refractivity contribution in [1.82, 2.24) is 5.32 Å². The van der Waals surface area contributed by atoms with Gasteiger partial charge in [-0.3, -0.25) is 0 Å². The minimum absolute atomic E-state index is 0.469. The van der Waals surface area contributed by atoms with Crippen molar-refractivity contribution >= 4 is 27.5 Å². The van der Waals surface area contributed by atoms with Gasteiger partial charge in [-0.15, -0.1) is 11.6 Å². The summed E-state index contributed by atoms with van der Waals surface area (Å²) in [6.45, 7) is 2.97. The lowest BCUT2D eigenvalue weighted by Crippen LogP contribution is -2.28. The maximum absolute atomic E-state index is 5.77.